The van der Waals surface area contributed by atoms with E-state index in [9.17, 15) is 4.39 Å². The van der Waals surface area contributed by atoms with Gasteiger partial charge in [0.1, 0.15) is 5.82 Å². The van der Waals surface area contributed by atoms with Gasteiger partial charge in [0.15, 0.2) is 0 Å². The van der Waals surface area contributed by atoms with Crippen LogP contribution in [0.1, 0.15) is 69.0 Å². The lowest BCUT2D eigenvalue weighted by Gasteiger charge is -2.22. The van der Waals surface area contributed by atoms with Crippen LogP contribution in [0, 0.1) is 12.7 Å². The van der Waals surface area contributed by atoms with Gasteiger partial charge in [0.25, 0.3) is 0 Å². The van der Waals surface area contributed by atoms with Crippen molar-refractivity contribution in [3.63, 3.8) is 0 Å². The lowest BCUT2D eigenvalue weighted by atomic mass is 9.86. The number of benzene rings is 1. The Kier molecular flexibility index (Phi) is 5.14. The first-order valence-electron chi connectivity index (χ1n) is 9.03. The van der Waals surface area contributed by atoms with Crippen LogP contribution < -0.4 is 0 Å². The van der Waals surface area contributed by atoms with Crippen molar-refractivity contribution in [2.75, 3.05) is 0 Å². The van der Waals surface area contributed by atoms with Crippen LogP contribution in [-0.4, -0.2) is 9.78 Å². The minimum atomic E-state index is -0.166. The van der Waals surface area contributed by atoms with E-state index in [2.05, 4.69) is 17.7 Å². The predicted molar refractivity (Wildman–Crippen MR) is 93.1 cm³/mol. The molecule has 2 nitrogen and oxygen atoms in total. The van der Waals surface area contributed by atoms with Crippen molar-refractivity contribution in [2.45, 2.75) is 71.3 Å². The van der Waals surface area contributed by atoms with Gasteiger partial charge in [-0.05, 0) is 49.9 Å². The van der Waals surface area contributed by atoms with E-state index >= 15 is 0 Å². The molecular weight excluding hydrogens is 287 g/mol. The second-order valence-electron chi connectivity index (χ2n) is 6.85. The number of hydrogen-bond acceptors (Lipinski definition) is 1. The molecule has 23 heavy (non-hydrogen) atoms. The topological polar surface area (TPSA) is 17.8 Å². The minimum absolute atomic E-state index is 0.166. The van der Waals surface area contributed by atoms with Gasteiger partial charge in [-0.1, -0.05) is 38.7 Å². The summed E-state index contributed by atoms with van der Waals surface area (Å²) in [6.07, 6.45) is 8.71. The highest BCUT2D eigenvalue weighted by Gasteiger charge is 2.22. The molecule has 1 aliphatic carbocycles. The van der Waals surface area contributed by atoms with Crippen LogP contribution in [0.25, 0.3) is 11.3 Å². The molecule has 124 valence electrons. The number of hydrogen-bond donors (Lipinski definition) is 0. The largest absolute Gasteiger partial charge is 0.269 e. The monoisotopic (exact) mass is 314 g/mol. The van der Waals surface area contributed by atoms with E-state index in [0.717, 1.165) is 30.6 Å². The summed E-state index contributed by atoms with van der Waals surface area (Å²) in [4.78, 5) is 0. The number of aryl methyl sites for hydroxylation is 2. The Morgan fingerprint density at radius 3 is 2.65 bits per heavy atom. The zero-order valence-electron chi connectivity index (χ0n) is 14.3. The fourth-order valence-corrected chi connectivity index (χ4v) is 3.60. The maximum absolute atomic E-state index is 14.3. The van der Waals surface area contributed by atoms with Crippen LogP contribution in [0.4, 0.5) is 4.39 Å². The van der Waals surface area contributed by atoms with E-state index in [4.69, 9.17) is 5.10 Å². The van der Waals surface area contributed by atoms with Gasteiger partial charge in [-0.2, -0.15) is 5.10 Å². The first-order chi connectivity index (χ1) is 11.2. The third-order valence-corrected chi connectivity index (χ3v) is 4.96. The first-order valence-corrected chi connectivity index (χ1v) is 9.03. The maximum atomic E-state index is 14.3. The van der Waals surface area contributed by atoms with Crippen LogP contribution in [0.5, 0.6) is 0 Å². The molecule has 0 unspecified atom stereocenters. The lowest BCUT2D eigenvalue weighted by Crippen LogP contribution is -2.12. The summed E-state index contributed by atoms with van der Waals surface area (Å²) in [5.41, 5.74) is 3.68. The molecule has 0 saturated heterocycles. The van der Waals surface area contributed by atoms with Crippen LogP contribution in [0.2, 0.25) is 0 Å². The van der Waals surface area contributed by atoms with Crippen molar-refractivity contribution in [2.24, 2.45) is 0 Å². The van der Waals surface area contributed by atoms with Crippen molar-refractivity contribution < 1.29 is 4.39 Å². The molecule has 0 atom stereocenters. The SMILES string of the molecule is CCCCn1nc(-c2ccc(C)cc2F)cc1C1CCCCC1. The van der Waals surface area contributed by atoms with E-state index in [1.165, 1.54) is 37.8 Å². The molecule has 1 fully saturated rings. The number of rotatable bonds is 5. The maximum Gasteiger partial charge on any atom is 0.132 e. The molecule has 0 aliphatic heterocycles. The second kappa shape index (κ2) is 7.29. The molecule has 0 radical (unpaired) electrons. The molecule has 0 spiro atoms. The van der Waals surface area contributed by atoms with E-state index in [0.29, 0.717) is 11.5 Å². The van der Waals surface area contributed by atoms with E-state index in [-0.39, 0.29) is 5.82 Å². The fourth-order valence-electron chi connectivity index (χ4n) is 3.60. The van der Waals surface area contributed by atoms with E-state index in [1.807, 2.05) is 19.1 Å². The Bertz CT molecular complexity index is 654. The molecule has 1 aromatic carbocycles. The molecule has 3 heteroatoms. The quantitative estimate of drug-likeness (QED) is 0.677. The van der Waals surface area contributed by atoms with Gasteiger partial charge < -0.3 is 0 Å². The summed E-state index contributed by atoms with van der Waals surface area (Å²) in [6.45, 7) is 5.06. The van der Waals surface area contributed by atoms with Crippen LogP contribution in [0.3, 0.4) is 0 Å². The average molecular weight is 314 g/mol. The molecule has 1 aliphatic rings. The Balaban J connectivity index is 1.95. The van der Waals surface area contributed by atoms with Gasteiger partial charge in [-0.15, -0.1) is 0 Å². The third kappa shape index (κ3) is 3.65. The molecule has 2 aromatic rings. The Hall–Kier alpha value is -1.64. The molecule has 1 heterocycles. The number of unbranched alkanes of at least 4 members (excludes halogenated alkanes) is 1. The van der Waals surface area contributed by atoms with Gasteiger partial charge in [0, 0.05) is 23.7 Å². The van der Waals surface area contributed by atoms with E-state index < -0.39 is 0 Å². The fraction of sp³-hybridized carbons (Fsp3) is 0.550. The van der Waals surface area contributed by atoms with Crippen LogP contribution in [0.15, 0.2) is 24.3 Å². The van der Waals surface area contributed by atoms with Gasteiger partial charge in [-0.3, -0.25) is 4.68 Å². The van der Waals surface area contributed by atoms with Gasteiger partial charge in [0.2, 0.25) is 0 Å². The van der Waals surface area contributed by atoms with Crippen LogP contribution >= 0.6 is 0 Å². The number of halogens is 1. The highest BCUT2D eigenvalue weighted by Crippen LogP contribution is 2.35. The van der Waals surface area contributed by atoms with Gasteiger partial charge in [0.05, 0.1) is 5.69 Å². The molecule has 0 amide bonds. The lowest BCUT2D eigenvalue weighted by molar-refractivity contribution is 0.411. The van der Waals surface area contributed by atoms with Crippen molar-refractivity contribution in [1.82, 2.24) is 9.78 Å². The predicted octanol–water partition coefficient (Wildman–Crippen LogP) is 5.85. The average Bonchev–Trinajstić information content (AvgIpc) is 2.97. The smallest absolute Gasteiger partial charge is 0.132 e. The summed E-state index contributed by atoms with van der Waals surface area (Å²) >= 11 is 0. The summed E-state index contributed by atoms with van der Waals surface area (Å²) < 4.78 is 16.5. The number of aromatic nitrogens is 2. The highest BCUT2D eigenvalue weighted by atomic mass is 19.1. The Morgan fingerprint density at radius 2 is 1.96 bits per heavy atom. The standard InChI is InChI=1S/C20H27FN2/c1-3-4-12-23-20(16-8-6-5-7-9-16)14-19(22-23)17-11-10-15(2)13-18(17)21/h10-11,13-14,16H,3-9,12H2,1-2H3. The van der Waals surface area contributed by atoms with Crippen molar-refractivity contribution in [1.29, 1.82) is 0 Å². The van der Waals surface area contributed by atoms with E-state index in [1.54, 1.807) is 6.07 Å². The normalized spacial score (nSPS) is 16.0. The number of nitrogens with zero attached hydrogens (tertiary/aromatic N) is 2. The minimum Gasteiger partial charge on any atom is -0.269 e. The molecule has 1 saturated carbocycles. The third-order valence-electron chi connectivity index (χ3n) is 4.96. The van der Waals surface area contributed by atoms with Crippen molar-refractivity contribution in [3.05, 3.63) is 41.3 Å². The Labute approximate surface area is 138 Å². The zero-order chi connectivity index (χ0) is 16.2. The van der Waals surface area contributed by atoms with Crippen molar-refractivity contribution in [3.8, 4) is 11.3 Å². The van der Waals surface area contributed by atoms with Gasteiger partial charge in [-0.25, -0.2) is 4.39 Å². The van der Waals surface area contributed by atoms with Gasteiger partial charge >= 0.3 is 0 Å². The van der Waals surface area contributed by atoms with Crippen LogP contribution in [-0.2, 0) is 6.54 Å². The Morgan fingerprint density at radius 1 is 1.17 bits per heavy atom. The molecular formula is C20H27FN2. The molecule has 3 rings (SSSR count). The molecule has 0 bridgehead atoms. The first kappa shape index (κ1) is 16.2. The second-order valence-corrected chi connectivity index (χ2v) is 6.85. The highest BCUT2D eigenvalue weighted by molar-refractivity contribution is 5.61. The summed E-state index contributed by atoms with van der Waals surface area (Å²) in [5.74, 6) is 0.427. The zero-order valence-corrected chi connectivity index (χ0v) is 14.3. The summed E-state index contributed by atoms with van der Waals surface area (Å²) in [5, 5.41) is 4.76. The molecule has 0 N–H and O–H groups in total. The van der Waals surface area contributed by atoms with Crippen molar-refractivity contribution >= 4 is 0 Å². The summed E-state index contributed by atoms with van der Waals surface area (Å²) in [7, 11) is 0. The molecule has 1 aromatic heterocycles. The summed E-state index contributed by atoms with van der Waals surface area (Å²) in [6, 6.07) is 7.56.